The Morgan fingerprint density at radius 1 is 1.28 bits per heavy atom. The minimum absolute atomic E-state index is 0.0478. The molecule has 1 aliphatic heterocycles. The van der Waals surface area contributed by atoms with E-state index < -0.39 is 0 Å². The van der Waals surface area contributed by atoms with Crippen molar-refractivity contribution in [3.63, 3.8) is 0 Å². The first-order valence-electron chi connectivity index (χ1n) is 6.87. The summed E-state index contributed by atoms with van der Waals surface area (Å²) in [5, 5.41) is 4.54. The molecule has 2 heterocycles. The third-order valence-corrected chi connectivity index (χ3v) is 4.35. The Balaban J connectivity index is 1.58. The summed E-state index contributed by atoms with van der Waals surface area (Å²) in [7, 11) is 0. The first-order chi connectivity index (χ1) is 8.52. The molecule has 1 saturated heterocycles. The average Bonchev–Trinajstić information content (AvgIpc) is 2.85. The van der Waals surface area contributed by atoms with Gasteiger partial charge in [0.1, 0.15) is 5.82 Å². The fourth-order valence-corrected chi connectivity index (χ4v) is 3.27. The zero-order chi connectivity index (χ0) is 12.8. The molecule has 0 radical (unpaired) electrons. The van der Waals surface area contributed by atoms with E-state index in [1.807, 2.05) is 0 Å². The lowest BCUT2D eigenvalue weighted by Crippen LogP contribution is -2.27. The highest BCUT2D eigenvalue weighted by Gasteiger charge is 2.34. The summed E-state index contributed by atoms with van der Waals surface area (Å²) < 4.78 is 4.45. The van der Waals surface area contributed by atoms with Gasteiger partial charge in [0.05, 0.1) is 0 Å². The second kappa shape index (κ2) is 4.46. The standard InChI is InChI=1S/C13H22N4S/c1-13(2,3)11-15-12(18-16-11)14-9-6-7-17(8-9)10-4-5-10/h9-10H,4-8H2,1-3H3,(H,14,15,16). The molecule has 18 heavy (non-hydrogen) atoms. The highest BCUT2D eigenvalue weighted by molar-refractivity contribution is 7.09. The van der Waals surface area contributed by atoms with Crippen LogP contribution in [-0.4, -0.2) is 39.4 Å². The van der Waals surface area contributed by atoms with Crippen LogP contribution < -0.4 is 5.32 Å². The van der Waals surface area contributed by atoms with Gasteiger partial charge in [-0.2, -0.15) is 4.37 Å². The summed E-state index contributed by atoms with van der Waals surface area (Å²) in [6.07, 6.45) is 4.04. The van der Waals surface area contributed by atoms with Crippen LogP contribution >= 0.6 is 11.5 Å². The zero-order valence-corrected chi connectivity index (χ0v) is 12.3. The van der Waals surface area contributed by atoms with Crippen molar-refractivity contribution in [1.82, 2.24) is 14.3 Å². The van der Waals surface area contributed by atoms with E-state index in [0.29, 0.717) is 6.04 Å². The first-order valence-corrected chi connectivity index (χ1v) is 7.64. The number of nitrogens with zero attached hydrogens (tertiary/aromatic N) is 3. The van der Waals surface area contributed by atoms with E-state index in [9.17, 15) is 0 Å². The van der Waals surface area contributed by atoms with Gasteiger partial charge in [-0.15, -0.1) is 0 Å². The van der Waals surface area contributed by atoms with Crippen LogP contribution in [0, 0.1) is 0 Å². The van der Waals surface area contributed by atoms with E-state index >= 15 is 0 Å². The third kappa shape index (κ3) is 2.67. The van der Waals surface area contributed by atoms with Gasteiger partial charge < -0.3 is 5.32 Å². The number of hydrogen-bond acceptors (Lipinski definition) is 5. The van der Waals surface area contributed by atoms with Crippen LogP contribution in [-0.2, 0) is 5.41 Å². The first kappa shape index (κ1) is 12.4. The molecule has 1 unspecified atom stereocenters. The molecule has 1 aromatic rings. The average molecular weight is 266 g/mol. The molecule has 1 atom stereocenters. The molecule has 1 aromatic heterocycles. The molecule has 0 amide bonds. The lowest BCUT2D eigenvalue weighted by molar-refractivity contribution is 0.326. The minimum atomic E-state index is 0.0478. The van der Waals surface area contributed by atoms with Crippen LogP contribution in [0.25, 0.3) is 0 Å². The predicted octanol–water partition coefficient (Wildman–Crippen LogP) is 2.48. The molecule has 100 valence electrons. The Hall–Kier alpha value is -0.680. The normalized spacial score (nSPS) is 25.6. The van der Waals surface area contributed by atoms with Gasteiger partial charge >= 0.3 is 0 Å². The summed E-state index contributed by atoms with van der Waals surface area (Å²) in [4.78, 5) is 7.22. The van der Waals surface area contributed by atoms with Crippen molar-refractivity contribution in [2.75, 3.05) is 18.4 Å². The van der Waals surface area contributed by atoms with Gasteiger partial charge in [-0.3, -0.25) is 4.90 Å². The van der Waals surface area contributed by atoms with Crippen LogP contribution in [0.15, 0.2) is 0 Å². The van der Waals surface area contributed by atoms with Crippen molar-refractivity contribution in [3.05, 3.63) is 5.82 Å². The molecule has 2 fully saturated rings. The summed E-state index contributed by atoms with van der Waals surface area (Å²) >= 11 is 1.50. The molecular weight excluding hydrogens is 244 g/mol. The maximum absolute atomic E-state index is 4.61. The molecule has 4 nitrogen and oxygen atoms in total. The third-order valence-electron chi connectivity index (χ3n) is 3.71. The van der Waals surface area contributed by atoms with Gasteiger partial charge in [-0.05, 0) is 19.3 Å². The zero-order valence-electron chi connectivity index (χ0n) is 11.4. The summed E-state index contributed by atoms with van der Waals surface area (Å²) in [5.74, 6) is 0.951. The number of aromatic nitrogens is 2. The number of anilines is 1. The second-order valence-electron chi connectivity index (χ2n) is 6.53. The van der Waals surface area contributed by atoms with Crippen LogP contribution in [0.2, 0.25) is 0 Å². The quantitative estimate of drug-likeness (QED) is 0.912. The minimum Gasteiger partial charge on any atom is -0.356 e. The van der Waals surface area contributed by atoms with Crippen molar-refractivity contribution in [2.45, 2.75) is 57.5 Å². The Morgan fingerprint density at radius 2 is 2.06 bits per heavy atom. The summed E-state index contributed by atoms with van der Waals surface area (Å²) in [6.45, 7) is 8.89. The molecule has 0 spiro atoms. The summed E-state index contributed by atoms with van der Waals surface area (Å²) in [5.41, 5.74) is 0.0478. The number of hydrogen-bond donors (Lipinski definition) is 1. The molecule has 1 N–H and O–H groups in total. The van der Waals surface area contributed by atoms with E-state index in [1.54, 1.807) is 0 Å². The van der Waals surface area contributed by atoms with Gasteiger partial charge in [0.15, 0.2) is 0 Å². The van der Waals surface area contributed by atoms with E-state index in [1.165, 1.54) is 43.9 Å². The van der Waals surface area contributed by atoms with Crippen molar-refractivity contribution >= 4 is 16.7 Å². The smallest absolute Gasteiger partial charge is 0.202 e. The van der Waals surface area contributed by atoms with Crippen LogP contribution in [0.5, 0.6) is 0 Å². The Kier molecular flexibility index (Phi) is 3.06. The number of likely N-dealkylation sites (tertiary alicyclic amines) is 1. The van der Waals surface area contributed by atoms with Gasteiger partial charge in [0.2, 0.25) is 5.13 Å². The molecule has 0 bridgehead atoms. The van der Waals surface area contributed by atoms with Crippen molar-refractivity contribution in [2.24, 2.45) is 0 Å². The molecule has 1 aliphatic carbocycles. The van der Waals surface area contributed by atoms with E-state index in [0.717, 1.165) is 17.0 Å². The highest BCUT2D eigenvalue weighted by Crippen LogP contribution is 2.31. The predicted molar refractivity (Wildman–Crippen MR) is 75.2 cm³/mol. The maximum Gasteiger partial charge on any atom is 0.202 e. The highest BCUT2D eigenvalue weighted by atomic mass is 32.1. The molecule has 3 rings (SSSR count). The van der Waals surface area contributed by atoms with Crippen molar-refractivity contribution in [3.8, 4) is 0 Å². The monoisotopic (exact) mass is 266 g/mol. The molecule has 0 aromatic carbocycles. The SMILES string of the molecule is CC(C)(C)c1nsc(NC2CCN(C3CC3)C2)n1. The van der Waals surface area contributed by atoms with E-state index in [4.69, 9.17) is 0 Å². The molecule has 1 saturated carbocycles. The molecule has 5 heteroatoms. The lowest BCUT2D eigenvalue weighted by atomic mass is 9.96. The number of nitrogens with one attached hydrogen (secondary N) is 1. The van der Waals surface area contributed by atoms with Gasteiger partial charge in [0.25, 0.3) is 0 Å². The van der Waals surface area contributed by atoms with Crippen LogP contribution in [0.4, 0.5) is 5.13 Å². The Labute approximate surface area is 113 Å². The second-order valence-corrected chi connectivity index (χ2v) is 7.28. The molecular formula is C13H22N4S. The van der Waals surface area contributed by atoms with Gasteiger partial charge in [-0.1, -0.05) is 20.8 Å². The maximum atomic E-state index is 4.61. The van der Waals surface area contributed by atoms with Crippen molar-refractivity contribution < 1.29 is 0 Å². The Morgan fingerprint density at radius 3 is 2.67 bits per heavy atom. The van der Waals surface area contributed by atoms with Crippen LogP contribution in [0.1, 0.15) is 45.9 Å². The fourth-order valence-electron chi connectivity index (χ4n) is 2.44. The number of rotatable bonds is 3. The fraction of sp³-hybridized carbons (Fsp3) is 0.846. The van der Waals surface area contributed by atoms with Gasteiger partial charge in [-0.25, -0.2) is 4.98 Å². The largest absolute Gasteiger partial charge is 0.356 e. The van der Waals surface area contributed by atoms with Gasteiger partial charge in [0, 0.05) is 42.1 Å². The van der Waals surface area contributed by atoms with Crippen molar-refractivity contribution in [1.29, 1.82) is 0 Å². The topological polar surface area (TPSA) is 41.1 Å². The van der Waals surface area contributed by atoms with E-state index in [2.05, 4.69) is 40.3 Å². The summed E-state index contributed by atoms with van der Waals surface area (Å²) in [6, 6.07) is 1.45. The molecule has 2 aliphatic rings. The Bertz CT molecular complexity index is 419. The lowest BCUT2D eigenvalue weighted by Gasteiger charge is -2.15. The van der Waals surface area contributed by atoms with E-state index in [-0.39, 0.29) is 5.41 Å². The van der Waals surface area contributed by atoms with Crippen LogP contribution in [0.3, 0.4) is 0 Å².